The summed E-state index contributed by atoms with van der Waals surface area (Å²) in [5.41, 5.74) is 1.97. The van der Waals surface area contributed by atoms with E-state index < -0.39 is 0 Å². The lowest BCUT2D eigenvalue weighted by molar-refractivity contribution is 0.180. The summed E-state index contributed by atoms with van der Waals surface area (Å²) in [7, 11) is 1.56. The van der Waals surface area contributed by atoms with Gasteiger partial charge >= 0.3 is 0 Å². The molecule has 0 saturated carbocycles. The normalized spacial score (nSPS) is 10.4. The molecule has 0 aliphatic heterocycles. The average Bonchev–Trinajstić information content (AvgIpc) is 2.69. The molecule has 0 N–H and O–H groups in total. The van der Waals surface area contributed by atoms with Gasteiger partial charge in [0.25, 0.3) is 0 Å². The minimum Gasteiger partial charge on any atom is -0.378 e. The highest BCUT2D eigenvalue weighted by Crippen LogP contribution is 2.23. The smallest absolute Gasteiger partial charge is 0.145 e. The Hall–Kier alpha value is -1.35. The van der Waals surface area contributed by atoms with Gasteiger partial charge in [0.2, 0.25) is 0 Å². The summed E-state index contributed by atoms with van der Waals surface area (Å²) >= 11 is 9.65. The minimum absolute atomic E-state index is 0.269. The summed E-state index contributed by atoms with van der Waals surface area (Å²) in [6.45, 7) is 0.768. The predicted molar refractivity (Wildman–Crippen MR) is 75.9 cm³/mol. The number of nitriles is 1. The first kappa shape index (κ1) is 14.1. The van der Waals surface area contributed by atoms with Gasteiger partial charge in [0.1, 0.15) is 22.5 Å². The van der Waals surface area contributed by atoms with E-state index in [1.54, 1.807) is 11.8 Å². The second-order valence-electron chi connectivity index (χ2n) is 3.91. The molecule has 0 aliphatic rings. The van der Waals surface area contributed by atoms with Crippen molar-refractivity contribution in [1.82, 2.24) is 9.78 Å². The van der Waals surface area contributed by atoms with Gasteiger partial charge in [-0.25, -0.2) is 4.68 Å². The lowest BCUT2D eigenvalue weighted by Gasteiger charge is -2.05. The van der Waals surface area contributed by atoms with Crippen molar-refractivity contribution in [3.8, 4) is 6.07 Å². The van der Waals surface area contributed by atoms with Crippen LogP contribution < -0.4 is 0 Å². The zero-order chi connectivity index (χ0) is 13.8. The van der Waals surface area contributed by atoms with Crippen molar-refractivity contribution in [2.24, 2.45) is 0 Å². The van der Waals surface area contributed by atoms with Gasteiger partial charge in [0.05, 0.1) is 13.2 Å². The van der Waals surface area contributed by atoms with Gasteiger partial charge in [-0.05, 0) is 11.6 Å². The molecule has 19 heavy (non-hydrogen) atoms. The van der Waals surface area contributed by atoms with Crippen LogP contribution >= 0.6 is 27.5 Å². The fraction of sp³-hybridized carbons (Fsp3) is 0.231. The molecule has 0 bridgehead atoms. The van der Waals surface area contributed by atoms with Gasteiger partial charge in [-0.3, -0.25) is 0 Å². The lowest BCUT2D eigenvalue weighted by Crippen LogP contribution is -2.03. The van der Waals surface area contributed by atoms with Crippen LogP contribution in [0.25, 0.3) is 0 Å². The Bertz CT molecular complexity index is 633. The molecule has 0 radical (unpaired) electrons. The van der Waals surface area contributed by atoms with Crippen LogP contribution in [0.5, 0.6) is 0 Å². The molecule has 2 rings (SSSR count). The van der Waals surface area contributed by atoms with E-state index >= 15 is 0 Å². The lowest BCUT2D eigenvalue weighted by atomic mass is 10.2. The number of hydrogen-bond acceptors (Lipinski definition) is 3. The molecule has 98 valence electrons. The molecule has 0 aliphatic carbocycles. The van der Waals surface area contributed by atoms with E-state index in [1.807, 2.05) is 24.3 Å². The van der Waals surface area contributed by atoms with Crippen LogP contribution in [0.15, 0.2) is 28.7 Å². The molecule has 1 aromatic heterocycles. The van der Waals surface area contributed by atoms with Gasteiger partial charge in [0, 0.05) is 11.6 Å². The molecule has 4 nitrogen and oxygen atoms in total. The summed E-state index contributed by atoms with van der Waals surface area (Å²) in [6, 6.07) is 9.87. The zero-order valence-corrected chi connectivity index (χ0v) is 12.6. The second-order valence-corrected chi connectivity index (χ2v) is 5.12. The summed E-state index contributed by atoms with van der Waals surface area (Å²) in [4.78, 5) is 0. The quantitative estimate of drug-likeness (QED) is 0.857. The maximum Gasteiger partial charge on any atom is 0.145 e. The van der Waals surface area contributed by atoms with Crippen LogP contribution in [-0.2, 0) is 17.9 Å². The van der Waals surface area contributed by atoms with Gasteiger partial charge in [-0.15, -0.1) is 0 Å². The largest absolute Gasteiger partial charge is 0.378 e. The molecule has 2 aromatic rings. The molecule has 0 atom stereocenters. The first-order valence-electron chi connectivity index (χ1n) is 5.55. The number of ether oxygens (including phenoxy) is 1. The van der Waals surface area contributed by atoms with E-state index in [1.165, 1.54) is 0 Å². The summed E-state index contributed by atoms with van der Waals surface area (Å²) < 4.78 is 7.60. The highest BCUT2D eigenvalue weighted by molar-refractivity contribution is 9.10. The van der Waals surface area contributed by atoms with Crippen molar-refractivity contribution >= 4 is 27.5 Å². The molecule has 0 unspecified atom stereocenters. The van der Waals surface area contributed by atoms with Crippen molar-refractivity contribution in [2.45, 2.75) is 13.2 Å². The molecule has 0 spiro atoms. The van der Waals surface area contributed by atoms with E-state index in [4.69, 9.17) is 21.6 Å². The maximum atomic E-state index is 9.11. The van der Waals surface area contributed by atoms with Crippen LogP contribution in [0.2, 0.25) is 5.15 Å². The summed E-state index contributed by atoms with van der Waals surface area (Å²) in [5, 5.41) is 13.8. The van der Waals surface area contributed by atoms with Crippen LogP contribution in [0.1, 0.15) is 16.8 Å². The Kier molecular flexibility index (Phi) is 4.59. The molecular formula is C13H11BrClN3O. The molecule has 6 heteroatoms. The Morgan fingerprint density at radius 2 is 2.21 bits per heavy atom. The van der Waals surface area contributed by atoms with Gasteiger partial charge in [-0.1, -0.05) is 45.7 Å². The van der Waals surface area contributed by atoms with Crippen molar-refractivity contribution in [2.75, 3.05) is 7.11 Å². The van der Waals surface area contributed by atoms with Crippen LogP contribution in [-0.4, -0.2) is 16.9 Å². The molecule has 0 saturated heterocycles. The molecule has 0 fully saturated rings. The summed E-state index contributed by atoms with van der Waals surface area (Å²) in [6.07, 6.45) is 0. The molecule has 1 heterocycles. The number of rotatable bonds is 4. The Labute approximate surface area is 124 Å². The second kappa shape index (κ2) is 6.20. The van der Waals surface area contributed by atoms with Gasteiger partial charge in [-0.2, -0.15) is 10.4 Å². The number of hydrogen-bond donors (Lipinski definition) is 0. The van der Waals surface area contributed by atoms with Crippen molar-refractivity contribution in [1.29, 1.82) is 5.26 Å². The first-order valence-corrected chi connectivity index (χ1v) is 6.72. The third-order valence-electron chi connectivity index (χ3n) is 2.63. The molecule has 0 amide bonds. The van der Waals surface area contributed by atoms with Crippen LogP contribution in [0.4, 0.5) is 0 Å². The maximum absolute atomic E-state index is 9.11. The predicted octanol–water partition coefficient (Wildman–Crippen LogP) is 3.37. The third-order valence-corrected chi connectivity index (χ3v) is 3.79. The van der Waals surface area contributed by atoms with Crippen molar-refractivity contribution in [3.63, 3.8) is 0 Å². The number of aromatic nitrogens is 2. The number of nitrogens with zero attached hydrogens (tertiary/aromatic N) is 3. The van der Waals surface area contributed by atoms with E-state index in [-0.39, 0.29) is 6.61 Å². The van der Waals surface area contributed by atoms with Crippen molar-refractivity contribution < 1.29 is 4.74 Å². The van der Waals surface area contributed by atoms with Crippen LogP contribution in [0, 0.1) is 11.3 Å². The topological polar surface area (TPSA) is 50.8 Å². The zero-order valence-electron chi connectivity index (χ0n) is 10.2. The highest BCUT2D eigenvalue weighted by Gasteiger charge is 2.16. The first-order chi connectivity index (χ1) is 9.17. The Balaban J connectivity index is 2.36. The van der Waals surface area contributed by atoms with Crippen LogP contribution in [0.3, 0.4) is 0 Å². The fourth-order valence-electron chi connectivity index (χ4n) is 1.73. The highest BCUT2D eigenvalue weighted by atomic mass is 79.9. The molecule has 1 aromatic carbocycles. The standard InChI is InChI=1S/C13H11BrClN3O/c1-19-8-12-10(6-16)13(15)18(17-12)7-9-4-2-3-5-11(9)14/h2-5H,7-8H2,1H3. The van der Waals surface area contributed by atoms with E-state index in [0.29, 0.717) is 23.0 Å². The molecular weight excluding hydrogens is 330 g/mol. The monoisotopic (exact) mass is 339 g/mol. The van der Waals surface area contributed by atoms with E-state index in [9.17, 15) is 0 Å². The van der Waals surface area contributed by atoms with Gasteiger partial charge < -0.3 is 4.74 Å². The Morgan fingerprint density at radius 3 is 2.84 bits per heavy atom. The number of halogens is 2. The average molecular weight is 341 g/mol. The SMILES string of the molecule is COCc1nn(Cc2ccccc2Br)c(Cl)c1C#N. The Morgan fingerprint density at radius 1 is 1.47 bits per heavy atom. The summed E-state index contributed by atoms with van der Waals surface area (Å²) in [5.74, 6) is 0. The van der Waals surface area contributed by atoms with Crippen molar-refractivity contribution in [3.05, 3.63) is 50.7 Å². The van der Waals surface area contributed by atoms with E-state index in [2.05, 4.69) is 27.1 Å². The number of methoxy groups -OCH3 is 1. The van der Waals surface area contributed by atoms with E-state index in [0.717, 1.165) is 10.0 Å². The fourth-order valence-corrected chi connectivity index (χ4v) is 2.39. The van der Waals surface area contributed by atoms with Gasteiger partial charge in [0.15, 0.2) is 0 Å². The number of benzene rings is 1. The third kappa shape index (κ3) is 2.98. The minimum atomic E-state index is 0.269.